The highest BCUT2D eigenvalue weighted by Crippen LogP contribution is 2.38. The molecule has 3 N–H and O–H groups in total. The van der Waals surface area contributed by atoms with Gasteiger partial charge in [0.2, 0.25) is 5.91 Å². The van der Waals surface area contributed by atoms with E-state index in [1.807, 2.05) is 0 Å². The molecule has 126 valence electrons. The molecular formula is C16H22N2O4S. The van der Waals surface area contributed by atoms with Crippen LogP contribution in [0.25, 0.3) is 0 Å². The number of carbonyl (C=O) groups is 3. The summed E-state index contributed by atoms with van der Waals surface area (Å²) >= 11 is 1.44. The molecule has 1 unspecified atom stereocenters. The van der Waals surface area contributed by atoms with E-state index in [1.165, 1.54) is 11.3 Å². The van der Waals surface area contributed by atoms with Crippen molar-refractivity contribution >= 4 is 34.1 Å². The average molecular weight is 338 g/mol. The minimum absolute atomic E-state index is 0.150. The Kier molecular flexibility index (Phi) is 5.76. The summed E-state index contributed by atoms with van der Waals surface area (Å²) < 4.78 is 0. The summed E-state index contributed by atoms with van der Waals surface area (Å²) in [5, 5.41) is 15.0. The molecule has 0 saturated heterocycles. The van der Waals surface area contributed by atoms with Gasteiger partial charge in [0.15, 0.2) is 0 Å². The van der Waals surface area contributed by atoms with Crippen molar-refractivity contribution in [3.63, 3.8) is 0 Å². The van der Waals surface area contributed by atoms with Gasteiger partial charge in [0.25, 0.3) is 5.91 Å². The SMILES string of the molecule is CCC(=O)Nc1sc2c(c1C(=O)NC(CC)C(=O)O)CCCC2. The third-order valence-corrected chi connectivity index (χ3v) is 5.19. The quantitative estimate of drug-likeness (QED) is 0.743. The van der Waals surface area contributed by atoms with Crippen LogP contribution >= 0.6 is 11.3 Å². The molecule has 1 aromatic heterocycles. The fourth-order valence-corrected chi connectivity index (χ4v) is 3.98. The Bertz CT molecular complexity index is 624. The molecule has 0 saturated carbocycles. The van der Waals surface area contributed by atoms with Crippen molar-refractivity contribution in [3.05, 3.63) is 16.0 Å². The van der Waals surface area contributed by atoms with E-state index in [4.69, 9.17) is 5.11 Å². The largest absolute Gasteiger partial charge is 0.480 e. The summed E-state index contributed by atoms with van der Waals surface area (Å²) in [6.07, 6.45) is 4.41. The van der Waals surface area contributed by atoms with Gasteiger partial charge in [-0.3, -0.25) is 9.59 Å². The Morgan fingerprint density at radius 2 is 1.91 bits per heavy atom. The lowest BCUT2D eigenvalue weighted by Crippen LogP contribution is -2.40. The van der Waals surface area contributed by atoms with Crippen LogP contribution in [0.3, 0.4) is 0 Å². The van der Waals surface area contributed by atoms with E-state index in [-0.39, 0.29) is 5.91 Å². The molecular weight excluding hydrogens is 316 g/mol. The van der Waals surface area contributed by atoms with Gasteiger partial charge in [0.1, 0.15) is 11.0 Å². The molecule has 2 rings (SSSR count). The zero-order chi connectivity index (χ0) is 17.0. The third-order valence-electron chi connectivity index (χ3n) is 3.98. The molecule has 0 aliphatic heterocycles. The van der Waals surface area contributed by atoms with E-state index in [0.717, 1.165) is 36.1 Å². The minimum atomic E-state index is -1.05. The fraction of sp³-hybridized carbons (Fsp3) is 0.562. The second-order valence-electron chi connectivity index (χ2n) is 5.59. The number of aliphatic carboxylic acids is 1. The number of hydrogen-bond acceptors (Lipinski definition) is 4. The van der Waals surface area contributed by atoms with Crippen molar-refractivity contribution in [1.29, 1.82) is 0 Å². The predicted molar refractivity (Wildman–Crippen MR) is 89.1 cm³/mol. The Labute approximate surface area is 139 Å². The van der Waals surface area contributed by atoms with Gasteiger partial charge in [-0.05, 0) is 37.7 Å². The van der Waals surface area contributed by atoms with Crippen LogP contribution in [-0.2, 0) is 22.4 Å². The summed E-state index contributed by atoms with van der Waals surface area (Å²) in [6.45, 7) is 3.46. The number of anilines is 1. The first-order valence-electron chi connectivity index (χ1n) is 7.95. The maximum atomic E-state index is 12.6. The molecule has 0 bridgehead atoms. The number of rotatable bonds is 6. The summed E-state index contributed by atoms with van der Waals surface area (Å²) in [4.78, 5) is 36.6. The van der Waals surface area contributed by atoms with Crippen molar-refractivity contribution < 1.29 is 19.5 Å². The molecule has 0 aromatic carbocycles. The topological polar surface area (TPSA) is 95.5 Å². The third kappa shape index (κ3) is 3.90. The van der Waals surface area contributed by atoms with Gasteiger partial charge < -0.3 is 15.7 Å². The molecule has 1 atom stereocenters. The molecule has 1 aliphatic rings. The van der Waals surface area contributed by atoms with Crippen molar-refractivity contribution in [2.24, 2.45) is 0 Å². The van der Waals surface area contributed by atoms with Gasteiger partial charge in [-0.2, -0.15) is 0 Å². The molecule has 0 spiro atoms. The van der Waals surface area contributed by atoms with Crippen LogP contribution in [0.2, 0.25) is 0 Å². The second kappa shape index (κ2) is 7.59. The van der Waals surface area contributed by atoms with Crippen LogP contribution < -0.4 is 10.6 Å². The number of carboxylic acid groups (broad SMARTS) is 1. The van der Waals surface area contributed by atoms with Crippen molar-refractivity contribution in [3.8, 4) is 0 Å². The van der Waals surface area contributed by atoms with Crippen molar-refractivity contribution in [1.82, 2.24) is 5.32 Å². The minimum Gasteiger partial charge on any atom is -0.480 e. The molecule has 23 heavy (non-hydrogen) atoms. The molecule has 7 heteroatoms. The summed E-state index contributed by atoms with van der Waals surface area (Å²) in [5.74, 6) is -1.61. The van der Waals surface area contributed by atoms with Gasteiger partial charge in [-0.15, -0.1) is 11.3 Å². The Morgan fingerprint density at radius 3 is 2.52 bits per heavy atom. The number of hydrogen-bond donors (Lipinski definition) is 3. The van der Waals surface area contributed by atoms with Crippen LogP contribution in [0.1, 0.15) is 60.3 Å². The summed E-state index contributed by atoms with van der Waals surface area (Å²) in [7, 11) is 0. The number of fused-ring (bicyclic) bond motifs is 1. The van der Waals surface area contributed by atoms with Gasteiger partial charge >= 0.3 is 5.97 Å². The molecule has 2 amide bonds. The Balaban J connectivity index is 2.34. The lowest BCUT2D eigenvalue weighted by atomic mass is 9.95. The maximum Gasteiger partial charge on any atom is 0.326 e. The van der Waals surface area contributed by atoms with Crippen LogP contribution in [0.5, 0.6) is 0 Å². The number of aryl methyl sites for hydroxylation is 1. The van der Waals surface area contributed by atoms with Crippen LogP contribution in [-0.4, -0.2) is 28.9 Å². The molecule has 0 fully saturated rings. The number of carbonyl (C=O) groups excluding carboxylic acids is 2. The normalized spacial score (nSPS) is 14.7. The lowest BCUT2D eigenvalue weighted by Gasteiger charge is -2.16. The fourth-order valence-electron chi connectivity index (χ4n) is 2.68. The Morgan fingerprint density at radius 1 is 1.22 bits per heavy atom. The highest BCUT2D eigenvalue weighted by Gasteiger charge is 2.28. The van der Waals surface area contributed by atoms with E-state index >= 15 is 0 Å². The monoisotopic (exact) mass is 338 g/mol. The standard InChI is InChI=1S/C16H22N2O4S/c1-3-10(16(21)22)17-14(20)13-9-7-5-6-8-11(9)23-15(13)18-12(19)4-2/h10H,3-8H2,1-2H3,(H,17,20)(H,18,19)(H,21,22). The van der Waals surface area contributed by atoms with Gasteiger partial charge in [-0.1, -0.05) is 13.8 Å². The Hall–Kier alpha value is -1.89. The summed E-state index contributed by atoms with van der Waals surface area (Å²) in [6, 6.07) is -0.920. The smallest absolute Gasteiger partial charge is 0.326 e. The zero-order valence-corrected chi connectivity index (χ0v) is 14.2. The summed E-state index contributed by atoms with van der Waals surface area (Å²) in [5.41, 5.74) is 1.41. The van der Waals surface area contributed by atoms with Gasteiger partial charge in [0.05, 0.1) is 5.56 Å². The van der Waals surface area contributed by atoms with E-state index in [1.54, 1.807) is 13.8 Å². The van der Waals surface area contributed by atoms with E-state index in [9.17, 15) is 14.4 Å². The van der Waals surface area contributed by atoms with E-state index < -0.39 is 17.9 Å². The zero-order valence-electron chi connectivity index (χ0n) is 13.4. The maximum absolute atomic E-state index is 12.6. The van der Waals surface area contributed by atoms with Gasteiger partial charge in [0, 0.05) is 11.3 Å². The molecule has 0 radical (unpaired) electrons. The molecule has 1 aliphatic carbocycles. The number of carboxylic acids is 1. The lowest BCUT2D eigenvalue weighted by molar-refractivity contribution is -0.139. The molecule has 1 heterocycles. The highest BCUT2D eigenvalue weighted by atomic mass is 32.1. The van der Waals surface area contributed by atoms with Crippen molar-refractivity contribution in [2.75, 3.05) is 5.32 Å². The van der Waals surface area contributed by atoms with Crippen LogP contribution in [0.4, 0.5) is 5.00 Å². The first-order valence-corrected chi connectivity index (χ1v) is 8.77. The number of amides is 2. The van der Waals surface area contributed by atoms with Crippen molar-refractivity contribution in [2.45, 2.75) is 58.4 Å². The molecule has 1 aromatic rings. The van der Waals surface area contributed by atoms with E-state index in [0.29, 0.717) is 23.4 Å². The number of nitrogens with one attached hydrogen (secondary N) is 2. The average Bonchev–Trinajstić information content (AvgIpc) is 2.89. The van der Waals surface area contributed by atoms with Gasteiger partial charge in [-0.25, -0.2) is 4.79 Å². The predicted octanol–water partition coefficient (Wildman–Crippen LogP) is 2.57. The first-order chi connectivity index (χ1) is 11.0. The highest BCUT2D eigenvalue weighted by molar-refractivity contribution is 7.17. The second-order valence-corrected chi connectivity index (χ2v) is 6.69. The molecule has 6 nitrogen and oxygen atoms in total. The van der Waals surface area contributed by atoms with Crippen LogP contribution in [0, 0.1) is 0 Å². The number of thiophene rings is 1. The van der Waals surface area contributed by atoms with E-state index in [2.05, 4.69) is 10.6 Å². The van der Waals surface area contributed by atoms with Crippen LogP contribution in [0.15, 0.2) is 0 Å². The first kappa shape index (κ1) is 17.5.